The predicted molar refractivity (Wildman–Crippen MR) is 99.4 cm³/mol. The zero-order chi connectivity index (χ0) is 18.7. The van der Waals surface area contributed by atoms with Crippen molar-refractivity contribution in [2.24, 2.45) is 23.5 Å². The molecule has 136 valence electrons. The standard InChI is InChI=1S/C16H21N9O/c1-24-9-10(8-20-24)11-14(25-6-4-2-3-5-7-25)22-13(17)12(21-11)15(26)23-16(18)19/h2-3,8-9H,4-7H2,1H3,(H2,17,22)(H4,18,19,23,26). The van der Waals surface area contributed by atoms with Crippen LogP contribution in [-0.2, 0) is 7.05 Å². The predicted octanol–water partition coefficient (Wildman–Crippen LogP) is 0.0293. The molecule has 10 nitrogen and oxygen atoms in total. The summed E-state index contributed by atoms with van der Waals surface area (Å²) >= 11 is 0. The highest BCUT2D eigenvalue weighted by Gasteiger charge is 2.23. The number of aromatic nitrogens is 4. The minimum absolute atomic E-state index is 0.0140. The maximum Gasteiger partial charge on any atom is 0.302 e. The van der Waals surface area contributed by atoms with E-state index in [1.807, 2.05) is 0 Å². The Morgan fingerprint density at radius 3 is 2.46 bits per heavy atom. The Labute approximate surface area is 150 Å². The number of carbonyl (C=O) groups is 1. The molecule has 6 N–H and O–H groups in total. The van der Waals surface area contributed by atoms with Gasteiger partial charge in [-0.15, -0.1) is 0 Å². The summed E-state index contributed by atoms with van der Waals surface area (Å²) in [5, 5.41) is 4.18. The van der Waals surface area contributed by atoms with Crippen molar-refractivity contribution in [1.82, 2.24) is 19.7 Å². The molecule has 0 radical (unpaired) electrons. The number of nitrogen functional groups attached to an aromatic ring is 1. The quantitative estimate of drug-likeness (QED) is 0.396. The fraction of sp³-hybridized carbons (Fsp3) is 0.312. The van der Waals surface area contributed by atoms with Crippen LogP contribution in [0.25, 0.3) is 11.3 Å². The average Bonchev–Trinajstić information content (AvgIpc) is 2.84. The second-order valence-electron chi connectivity index (χ2n) is 5.91. The van der Waals surface area contributed by atoms with Crippen molar-refractivity contribution in [3.8, 4) is 11.3 Å². The molecule has 1 aliphatic rings. The Morgan fingerprint density at radius 1 is 1.19 bits per heavy atom. The molecule has 3 heterocycles. The summed E-state index contributed by atoms with van der Waals surface area (Å²) in [5.74, 6) is -0.494. The topological polar surface area (TPSA) is 154 Å². The van der Waals surface area contributed by atoms with Gasteiger partial charge in [-0.2, -0.15) is 10.1 Å². The Bertz CT molecular complexity index is 870. The second kappa shape index (κ2) is 7.21. The third-order valence-electron chi connectivity index (χ3n) is 3.91. The lowest BCUT2D eigenvalue weighted by atomic mass is 10.2. The van der Waals surface area contributed by atoms with Crippen molar-refractivity contribution in [2.75, 3.05) is 23.7 Å². The van der Waals surface area contributed by atoms with E-state index in [2.05, 4.69) is 37.1 Å². The highest BCUT2D eigenvalue weighted by molar-refractivity contribution is 6.03. The molecular weight excluding hydrogens is 334 g/mol. The molecule has 1 amide bonds. The summed E-state index contributed by atoms with van der Waals surface area (Å²) in [6.07, 6.45) is 9.52. The fourth-order valence-electron chi connectivity index (χ4n) is 2.74. The molecule has 0 unspecified atom stereocenters. The lowest BCUT2D eigenvalue weighted by Crippen LogP contribution is -2.28. The molecule has 26 heavy (non-hydrogen) atoms. The summed E-state index contributed by atoms with van der Waals surface area (Å²) in [7, 11) is 1.80. The first-order chi connectivity index (χ1) is 12.5. The van der Waals surface area contributed by atoms with Crippen LogP contribution in [0.1, 0.15) is 23.3 Å². The van der Waals surface area contributed by atoms with Gasteiger partial charge in [0.15, 0.2) is 23.3 Å². The van der Waals surface area contributed by atoms with Crippen molar-refractivity contribution >= 4 is 23.5 Å². The molecule has 3 rings (SSSR count). The first kappa shape index (κ1) is 17.4. The summed E-state index contributed by atoms with van der Waals surface area (Å²) in [6.45, 7) is 1.55. The van der Waals surface area contributed by atoms with E-state index in [1.165, 1.54) is 0 Å². The van der Waals surface area contributed by atoms with E-state index in [0.717, 1.165) is 31.5 Å². The highest BCUT2D eigenvalue weighted by Crippen LogP contribution is 2.30. The van der Waals surface area contributed by atoms with Gasteiger partial charge >= 0.3 is 5.91 Å². The Hall–Kier alpha value is -3.43. The first-order valence-electron chi connectivity index (χ1n) is 8.16. The molecule has 0 saturated heterocycles. The number of carbonyl (C=O) groups excluding carboxylic acids is 1. The van der Waals surface area contributed by atoms with E-state index in [1.54, 1.807) is 24.1 Å². The molecule has 2 aromatic heterocycles. The third kappa shape index (κ3) is 3.63. The van der Waals surface area contributed by atoms with Crippen molar-refractivity contribution in [3.05, 3.63) is 30.2 Å². The number of guanidine groups is 1. The molecule has 0 bridgehead atoms. The Morgan fingerprint density at radius 2 is 1.88 bits per heavy atom. The van der Waals surface area contributed by atoms with Gasteiger partial charge in [0, 0.05) is 31.9 Å². The van der Waals surface area contributed by atoms with Crippen LogP contribution in [0.4, 0.5) is 11.6 Å². The average molecular weight is 355 g/mol. The summed E-state index contributed by atoms with van der Waals surface area (Å²) in [6, 6.07) is 0. The van der Waals surface area contributed by atoms with Crippen molar-refractivity contribution in [3.63, 3.8) is 0 Å². The molecular formula is C16H21N9O. The molecule has 2 aromatic rings. The molecule has 0 aromatic carbocycles. The van der Waals surface area contributed by atoms with Crippen LogP contribution >= 0.6 is 0 Å². The van der Waals surface area contributed by atoms with Gasteiger partial charge in [0.2, 0.25) is 0 Å². The number of hydrogen-bond acceptors (Lipinski definition) is 6. The minimum Gasteiger partial charge on any atom is -0.382 e. The first-order valence-corrected chi connectivity index (χ1v) is 8.16. The summed E-state index contributed by atoms with van der Waals surface area (Å²) in [4.78, 5) is 26.7. The van der Waals surface area contributed by atoms with E-state index in [0.29, 0.717) is 11.5 Å². The Kier molecular flexibility index (Phi) is 4.83. The van der Waals surface area contributed by atoms with Gasteiger partial charge < -0.3 is 22.1 Å². The van der Waals surface area contributed by atoms with Gasteiger partial charge in [-0.1, -0.05) is 12.2 Å². The minimum atomic E-state index is -0.732. The summed E-state index contributed by atoms with van der Waals surface area (Å²) in [5.41, 5.74) is 17.7. The third-order valence-corrected chi connectivity index (χ3v) is 3.91. The molecule has 0 atom stereocenters. The van der Waals surface area contributed by atoms with Gasteiger partial charge in [0.25, 0.3) is 0 Å². The molecule has 0 spiro atoms. The molecule has 0 aliphatic carbocycles. The number of rotatable bonds is 3. The molecule has 0 fully saturated rings. The number of aliphatic imine (C=N–C) groups is 1. The lowest BCUT2D eigenvalue weighted by Gasteiger charge is -2.24. The summed E-state index contributed by atoms with van der Waals surface area (Å²) < 4.78 is 1.65. The van der Waals surface area contributed by atoms with Crippen LogP contribution < -0.4 is 22.1 Å². The maximum absolute atomic E-state index is 12.2. The monoisotopic (exact) mass is 355 g/mol. The van der Waals surface area contributed by atoms with Crippen molar-refractivity contribution in [2.45, 2.75) is 12.8 Å². The van der Waals surface area contributed by atoms with E-state index in [4.69, 9.17) is 17.2 Å². The largest absolute Gasteiger partial charge is 0.382 e. The van der Waals surface area contributed by atoms with Gasteiger partial charge in [0.1, 0.15) is 5.69 Å². The van der Waals surface area contributed by atoms with Gasteiger partial charge in [-0.05, 0) is 12.8 Å². The molecule has 10 heteroatoms. The Balaban J connectivity index is 2.12. The zero-order valence-electron chi connectivity index (χ0n) is 14.5. The van der Waals surface area contributed by atoms with Gasteiger partial charge in [0.05, 0.1) is 6.20 Å². The van der Waals surface area contributed by atoms with E-state index < -0.39 is 5.91 Å². The van der Waals surface area contributed by atoms with E-state index in [9.17, 15) is 4.79 Å². The number of aryl methyl sites for hydroxylation is 1. The molecule has 1 aliphatic heterocycles. The van der Waals surface area contributed by atoms with Crippen LogP contribution in [-0.4, -0.2) is 44.7 Å². The van der Waals surface area contributed by atoms with Crippen LogP contribution in [0.5, 0.6) is 0 Å². The number of nitrogens with zero attached hydrogens (tertiary/aromatic N) is 6. The second-order valence-corrected chi connectivity index (χ2v) is 5.91. The molecule has 0 saturated carbocycles. The maximum atomic E-state index is 12.2. The zero-order valence-corrected chi connectivity index (χ0v) is 14.5. The van der Waals surface area contributed by atoms with Crippen LogP contribution in [0, 0.1) is 0 Å². The number of amides is 1. The number of hydrogen-bond donors (Lipinski definition) is 3. The van der Waals surface area contributed by atoms with Gasteiger partial charge in [-0.25, -0.2) is 9.97 Å². The fourth-order valence-corrected chi connectivity index (χ4v) is 2.74. The van der Waals surface area contributed by atoms with Crippen LogP contribution in [0.2, 0.25) is 0 Å². The highest BCUT2D eigenvalue weighted by atomic mass is 16.1. The normalized spacial score (nSPS) is 14.1. The van der Waals surface area contributed by atoms with Crippen LogP contribution in [0.3, 0.4) is 0 Å². The van der Waals surface area contributed by atoms with Crippen molar-refractivity contribution < 1.29 is 4.79 Å². The SMILES string of the molecule is Cn1cc(-c2nc(C(=O)N=C(N)N)c(N)nc2N2CCC=CCC2)cn1. The smallest absolute Gasteiger partial charge is 0.302 e. The number of anilines is 2. The van der Waals surface area contributed by atoms with Gasteiger partial charge in [-0.3, -0.25) is 9.48 Å². The number of nitrogens with two attached hydrogens (primary N) is 3. The lowest BCUT2D eigenvalue weighted by molar-refractivity contribution is 0.0998. The van der Waals surface area contributed by atoms with E-state index >= 15 is 0 Å². The van der Waals surface area contributed by atoms with E-state index in [-0.39, 0.29) is 17.5 Å². The van der Waals surface area contributed by atoms with Crippen molar-refractivity contribution in [1.29, 1.82) is 0 Å². The van der Waals surface area contributed by atoms with Crippen LogP contribution in [0.15, 0.2) is 29.5 Å².